The first-order valence-corrected chi connectivity index (χ1v) is 10.4. The number of amides is 1. The van der Waals surface area contributed by atoms with E-state index in [0.29, 0.717) is 15.9 Å². The van der Waals surface area contributed by atoms with Crippen LogP contribution in [0.25, 0.3) is 16.2 Å². The van der Waals surface area contributed by atoms with Crippen LogP contribution in [0.15, 0.2) is 35.8 Å². The summed E-state index contributed by atoms with van der Waals surface area (Å²) in [7, 11) is 0. The topological polar surface area (TPSA) is 77.1 Å². The van der Waals surface area contributed by atoms with Crippen LogP contribution in [-0.4, -0.2) is 30.3 Å². The molecule has 4 heterocycles. The van der Waals surface area contributed by atoms with Gasteiger partial charge >= 0.3 is 6.18 Å². The molecule has 4 aromatic heterocycles. The molecule has 11 heteroatoms. The number of alkyl halides is 3. The van der Waals surface area contributed by atoms with Crippen molar-refractivity contribution in [3.63, 3.8) is 0 Å². The van der Waals surface area contributed by atoms with Gasteiger partial charge in [-0.05, 0) is 38.3 Å². The lowest BCUT2D eigenvalue weighted by molar-refractivity contribution is -0.142. The fourth-order valence-corrected chi connectivity index (χ4v) is 3.99. The Morgan fingerprint density at radius 1 is 1.29 bits per heavy atom. The number of carbonyl (C=O) groups excluding carboxylic acids is 1. The summed E-state index contributed by atoms with van der Waals surface area (Å²) in [5.41, 5.74) is 0.588. The molecule has 0 aromatic carbocycles. The van der Waals surface area contributed by atoms with Crippen molar-refractivity contribution in [1.29, 1.82) is 0 Å². The summed E-state index contributed by atoms with van der Waals surface area (Å²) in [6.45, 7) is 6.25. The Bertz CT molecular complexity index is 1240. The number of aryl methyl sites for hydroxylation is 2. The van der Waals surface area contributed by atoms with E-state index in [-0.39, 0.29) is 17.0 Å². The predicted octanol–water partition coefficient (Wildman–Crippen LogP) is 4.49. The first kappa shape index (κ1) is 21.0. The lowest BCUT2D eigenvalue weighted by atomic mass is 10.1. The zero-order valence-corrected chi connectivity index (χ0v) is 17.8. The maximum Gasteiger partial charge on any atom is 0.433 e. The summed E-state index contributed by atoms with van der Waals surface area (Å²) in [4.78, 5) is 17.6. The van der Waals surface area contributed by atoms with E-state index in [4.69, 9.17) is 0 Å². The van der Waals surface area contributed by atoms with Crippen LogP contribution in [0.5, 0.6) is 0 Å². The highest BCUT2D eigenvalue weighted by Gasteiger charge is 2.36. The highest BCUT2D eigenvalue weighted by Crippen LogP contribution is 2.33. The second-order valence-electron chi connectivity index (χ2n) is 7.02. The van der Waals surface area contributed by atoms with E-state index in [1.165, 1.54) is 17.4 Å². The van der Waals surface area contributed by atoms with Crippen LogP contribution in [0.1, 0.15) is 47.3 Å². The lowest BCUT2D eigenvalue weighted by Gasteiger charge is -2.12. The minimum absolute atomic E-state index is 0.0500. The number of rotatable bonds is 5. The molecule has 1 atom stereocenters. The van der Waals surface area contributed by atoms with Gasteiger partial charge in [0.05, 0.1) is 22.3 Å². The molecule has 1 unspecified atom stereocenters. The molecular formula is C20H19F3N6OS. The number of thiophene rings is 1. The molecule has 1 N–H and O–H groups in total. The summed E-state index contributed by atoms with van der Waals surface area (Å²) in [5.74, 6) is -0.590. The Balaban J connectivity index is 1.69. The van der Waals surface area contributed by atoms with Crippen molar-refractivity contribution >= 4 is 22.9 Å². The van der Waals surface area contributed by atoms with E-state index in [0.717, 1.165) is 17.3 Å². The van der Waals surface area contributed by atoms with Crippen molar-refractivity contribution in [2.45, 2.75) is 39.5 Å². The second-order valence-corrected chi connectivity index (χ2v) is 7.97. The standard InChI is InChI=1S/C20H19F3N6OS/c1-4-28-10-13(12(3)26-28)11(2)24-19(30)15-9-18-25-14(16-6-5-7-31-16)8-17(20(21,22)23)29(18)27-15/h5-11H,4H2,1-3H3,(H,24,30). The quantitative estimate of drug-likeness (QED) is 0.488. The molecule has 0 fully saturated rings. The number of aromatic nitrogens is 5. The molecule has 0 aliphatic heterocycles. The maximum absolute atomic E-state index is 13.7. The van der Waals surface area contributed by atoms with Gasteiger partial charge in [0.1, 0.15) is 0 Å². The second kappa shape index (κ2) is 7.80. The fourth-order valence-electron chi connectivity index (χ4n) is 3.31. The van der Waals surface area contributed by atoms with Crippen molar-refractivity contribution in [2.24, 2.45) is 0 Å². The van der Waals surface area contributed by atoms with Crippen LogP contribution in [0.2, 0.25) is 0 Å². The smallest absolute Gasteiger partial charge is 0.344 e. The van der Waals surface area contributed by atoms with Crippen LogP contribution in [0.3, 0.4) is 0 Å². The zero-order chi connectivity index (χ0) is 22.3. The van der Waals surface area contributed by atoms with Gasteiger partial charge in [-0.2, -0.15) is 23.4 Å². The Morgan fingerprint density at radius 3 is 2.68 bits per heavy atom. The molecule has 7 nitrogen and oxygen atoms in total. The molecule has 4 aromatic rings. The molecule has 31 heavy (non-hydrogen) atoms. The van der Waals surface area contributed by atoms with E-state index in [1.54, 1.807) is 29.1 Å². The number of halogens is 3. The molecule has 1 amide bonds. The Labute approximate surface area is 179 Å². The van der Waals surface area contributed by atoms with Crippen LogP contribution in [0.4, 0.5) is 13.2 Å². The Morgan fingerprint density at radius 2 is 2.06 bits per heavy atom. The van der Waals surface area contributed by atoms with Crippen LogP contribution >= 0.6 is 11.3 Å². The van der Waals surface area contributed by atoms with E-state index in [1.807, 2.05) is 20.0 Å². The number of carbonyl (C=O) groups is 1. The van der Waals surface area contributed by atoms with E-state index >= 15 is 0 Å². The van der Waals surface area contributed by atoms with Gasteiger partial charge in [-0.1, -0.05) is 6.07 Å². The SMILES string of the molecule is CCn1cc(C(C)NC(=O)c2cc3nc(-c4cccs4)cc(C(F)(F)F)n3n2)c(C)n1. The van der Waals surface area contributed by atoms with Crippen LogP contribution in [-0.2, 0) is 12.7 Å². The Hall–Kier alpha value is -3.21. The molecule has 0 radical (unpaired) electrons. The maximum atomic E-state index is 13.7. The lowest BCUT2D eigenvalue weighted by Crippen LogP contribution is -2.27. The molecule has 0 saturated heterocycles. The van der Waals surface area contributed by atoms with Crippen molar-refractivity contribution in [3.8, 4) is 10.6 Å². The molecular weight excluding hydrogens is 429 g/mol. The third-order valence-corrected chi connectivity index (χ3v) is 5.74. The minimum Gasteiger partial charge on any atom is -0.344 e. The van der Waals surface area contributed by atoms with Gasteiger partial charge in [0.25, 0.3) is 5.91 Å². The third kappa shape index (κ3) is 4.05. The summed E-state index contributed by atoms with van der Waals surface area (Å²) in [5, 5.41) is 12.8. The molecule has 0 aliphatic carbocycles. The summed E-state index contributed by atoms with van der Waals surface area (Å²) < 4.78 is 43.4. The molecule has 0 aliphatic rings. The fraction of sp³-hybridized carbons (Fsp3) is 0.300. The first-order valence-electron chi connectivity index (χ1n) is 9.54. The highest BCUT2D eigenvalue weighted by atomic mass is 32.1. The minimum atomic E-state index is -4.66. The number of hydrogen-bond acceptors (Lipinski definition) is 5. The molecule has 0 spiro atoms. The average Bonchev–Trinajstić information content (AvgIpc) is 3.45. The van der Waals surface area contributed by atoms with Crippen molar-refractivity contribution in [2.75, 3.05) is 0 Å². The van der Waals surface area contributed by atoms with Gasteiger partial charge < -0.3 is 5.32 Å². The Kier molecular flexibility index (Phi) is 5.29. The van der Waals surface area contributed by atoms with Crippen molar-refractivity contribution in [1.82, 2.24) is 29.7 Å². The van der Waals surface area contributed by atoms with Gasteiger partial charge in [-0.3, -0.25) is 9.48 Å². The van der Waals surface area contributed by atoms with E-state index in [2.05, 4.69) is 20.5 Å². The largest absolute Gasteiger partial charge is 0.433 e. The zero-order valence-electron chi connectivity index (χ0n) is 16.9. The molecule has 4 rings (SSSR count). The van der Waals surface area contributed by atoms with E-state index in [9.17, 15) is 18.0 Å². The highest BCUT2D eigenvalue weighted by molar-refractivity contribution is 7.13. The van der Waals surface area contributed by atoms with Gasteiger partial charge in [-0.25, -0.2) is 9.50 Å². The number of fused-ring (bicyclic) bond motifs is 1. The van der Waals surface area contributed by atoms with Gasteiger partial charge in [0.15, 0.2) is 17.0 Å². The van der Waals surface area contributed by atoms with Crippen LogP contribution in [0, 0.1) is 6.92 Å². The van der Waals surface area contributed by atoms with Gasteiger partial charge in [0, 0.05) is 24.4 Å². The molecule has 0 saturated carbocycles. The van der Waals surface area contributed by atoms with Crippen molar-refractivity contribution < 1.29 is 18.0 Å². The van der Waals surface area contributed by atoms with Gasteiger partial charge in [0.2, 0.25) is 0 Å². The van der Waals surface area contributed by atoms with E-state index < -0.39 is 23.8 Å². The normalized spacial score (nSPS) is 13.0. The average molecular weight is 448 g/mol. The number of nitrogens with zero attached hydrogens (tertiary/aromatic N) is 5. The number of nitrogens with one attached hydrogen (secondary N) is 1. The van der Waals surface area contributed by atoms with Crippen LogP contribution < -0.4 is 5.32 Å². The molecule has 162 valence electrons. The molecule has 0 bridgehead atoms. The number of hydrogen-bond donors (Lipinski definition) is 1. The summed E-state index contributed by atoms with van der Waals surface area (Å²) >= 11 is 1.28. The van der Waals surface area contributed by atoms with Crippen molar-refractivity contribution in [3.05, 3.63) is 58.5 Å². The summed E-state index contributed by atoms with van der Waals surface area (Å²) in [6.07, 6.45) is -2.83. The predicted molar refractivity (Wildman–Crippen MR) is 110 cm³/mol. The van der Waals surface area contributed by atoms with Gasteiger partial charge in [-0.15, -0.1) is 11.3 Å². The summed E-state index contributed by atoms with van der Waals surface area (Å²) in [6, 6.07) is 5.23. The monoisotopic (exact) mass is 448 g/mol. The first-order chi connectivity index (χ1) is 14.7. The third-order valence-electron chi connectivity index (χ3n) is 4.85.